The Morgan fingerprint density at radius 3 is 2.50 bits per heavy atom. The molecule has 1 aromatic carbocycles. The number of hydrogen-bond donors (Lipinski definition) is 1. The summed E-state index contributed by atoms with van der Waals surface area (Å²) in [4.78, 5) is 11.6. The molecule has 2 aromatic heterocycles. The molecule has 0 unspecified atom stereocenters. The third-order valence-corrected chi connectivity index (χ3v) is 4.15. The van der Waals surface area contributed by atoms with E-state index in [0.29, 0.717) is 5.58 Å². The van der Waals surface area contributed by atoms with Crippen LogP contribution in [0, 0.1) is 20.8 Å². The first-order valence-corrected chi connectivity index (χ1v) is 7.69. The minimum Gasteiger partial charge on any atom is -0.461 e. The SMILES string of the molecule is CCCNCc1c(C)oc2c(C)c3oc(=O)cc(C)c3cc12. The minimum atomic E-state index is -0.319. The van der Waals surface area contributed by atoms with Crippen LogP contribution in [0.15, 0.2) is 25.8 Å². The summed E-state index contributed by atoms with van der Waals surface area (Å²) < 4.78 is 11.3. The molecular weight excluding hydrogens is 278 g/mol. The van der Waals surface area contributed by atoms with Gasteiger partial charge in [-0.2, -0.15) is 0 Å². The van der Waals surface area contributed by atoms with Crippen molar-refractivity contribution in [2.45, 2.75) is 40.7 Å². The van der Waals surface area contributed by atoms with Crippen LogP contribution in [-0.4, -0.2) is 6.54 Å². The van der Waals surface area contributed by atoms with Crippen LogP contribution in [0.4, 0.5) is 0 Å². The van der Waals surface area contributed by atoms with E-state index >= 15 is 0 Å². The Morgan fingerprint density at radius 1 is 1.05 bits per heavy atom. The fraction of sp³-hybridized carbons (Fsp3) is 0.389. The van der Waals surface area contributed by atoms with E-state index in [-0.39, 0.29) is 5.63 Å². The highest BCUT2D eigenvalue weighted by molar-refractivity contribution is 5.99. The molecule has 2 heterocycles. The molecule has 0 saturated carbocycles. The standard InChI is InChI=1S/C18H21NO3/c1-5-6-19-9-15-12(4)21-18-11(3)17-13(8-14(15)18)10(2)7-16(20)22-17/h7-8,19H,5-6,9H2,1-4H3. The molecule has 0 saturated heterocycles. The van der Waals surface area contributed by atoms with Gasteiger partial charge >= 0.3 is 5.63 Å². The van der Waals surface area contributed by atoms with Crippen molar-refractivity contribution in [1.82, 2.24) is 5.32 Å². The highest BCUT2D eigenvalue weighted by atomic mass is 16.4. The predicted octanol–water partition coefficient (Wildman–Crippen LogP) is 3.96. The topological polar surface area (TPSA) is 55.4 Å². The lowest BCUT2D eigenvalue weighted by Gasteiger charge is -2.06. The normalized spacial score (nSPS) is 11.6. The molecule has 0 aliphatic carbocycles. The van der Waals surface area contributed by atoms with Gasteiger partial charge in [0.25, 0.3) is 0 Å². The number of benzene rings is 1. The Bertz CT molecular complexity index is 902. The van der Waals surface area contributed by atoms with Crippen molar-refractivity contribution in [3.05, 3.63) is 45.0 Å². The highest BCUT2D eigenvalue weighted by Gasteiger charge is 2.17. The second kappa shape index (κ2) is 5.61. The first-order chi connectivity index (χ1) is 10.5. The highest BCUT2D eigenvalue weighted by Crippen LogP contribution is 2.34. The fourth-order valence-electron chi connectivity index (χ4n) is 2.96. The summed E-state index contributed by atoms with van der Waals surface area (Å²) in [6.45, 7) is 9.78. The zero-order valence-corrected chi connectivity index (χ0v) is 13.5. The Morgan fingerprint density at radius 2 is 1.77 bits per heavy atom. The van der Waals surface area contributed by atoms with Gasteiger partial charge in [0.05, 0.1) is 0 Å². The van der Waals surface area contributed by atoms with Crippen molar-refractivity contribution in [3.63, 3.8) is 0 Å². The summed E-state index contributed by atoms with van der Waals surface area (Å²) in [6.07, 6.45) is 1.10. The van der Waals surface area contributed by atoms with Gasteiger partial charge in [-0.15, -0.1) is 0 Å². The molecule has 3 rings (SSSR count). The average Bonchev–Trinajstić information content (AvgIpc) is 2.78. The number of aryl methyl sites for hydroxylation is 3. The summed E-state index contributed by atoms with van der Waals surface area (Å²) in [7, 11) is 0. The summed E-state index contributed by atoms with van der Waals surface area (Å²) in [5.41, 5.74) is 4.12. The first-order valence-electron chi connectivity index (χ1n) is 7.69. The molecule has 0 radical (unpaired) electrons. The summed E-state index contributed by atoms with van der Waals surface area (Å²) in [5.74, 6) is 0.914. The maximum Gasteiger partial charge on any atom is 0.336 e. The number of fused-ring (bicyclic) bond motifs is 2. The van der Waals surface area contributed by atoms with Crippen molar-refractivity contribution >= 4 is 21.9 Å². The Kier molecular flexibility index (Phi) is 3.79. The molecule has 116 valence electrons. The molecule has 4 nitrogen and oxygen atoms in total. The van der Waals surface area contributed by atoms with Gasteiger partial charge in [0.1, 0.15) is 16.9 Å². The lowest BCUT2D eigenvalue weighted by molar-refractivity contribution is 0.548. The van der Waals surface area contributed by atoms with E-state index < -0.39 is 0 Å². The van der Waals surface area contributed by atoms with E-state index in [2.05, 4.69) is 18.3 Å². The van der Waals surface area contributed by atoms with Gasteiger partial charge in [0.15, 0.2) is 0 Å². The zero-order valence-electron chi connectivity index (χ0n) is 13.5. The quantitative estimate of drug-likeness (QED) is 0.585. The van der Waals surface area contributed by atoms with Crippen LogP contribution in [-0.2, 0) is 6.54 Å². The Labute approximate surface area is 129 Å². The molecule has 3 aromatic rings. The number of hydrogen-bond acceptors (Lipinski definition) is 4. The predicted molar refractivity (Wildman–Crippen MR) is 88.5 cm³/mol. The van der Waals surface area contributed by atoms with Gasteiger partial charge in [0, 0.05) is 34.5 Å². The third-order valence-electron chi connectivity index (χ3n) is 4.15. The van der Waals surface area contributed by atoms with Crippen molar-refractivity contribution in [1.29, 1.82) is 0 Å². The van der Waals surface area contributed by atoms with Gasteiger partial charge < -0.3 is 14.2 Å². The molecule has 0 fully saturated rings. The first kappa shape index (κ1) is 14.9. The summed E-state index contributed by atoms with van der Waals surface area (Å²) >= 11 is 0. The van der Waals surface area contributed by atoms with E-state index in [4.69, 9.17) is 8.83 Å². The van der Waals surface area contributed by atoms with Crippen LogP contribution in [0.1, 0.15) is 35.8 Å². The van der Waals surface area contributed by atoms with E-state index in [1.54, 1.807) is 0 Å². The lowest BCUT2D eigenvalue weighted by atomic mass is 10.0. The van der Waals surface area contributed by atoms with Crippen molar-refractivity contribution in [2.75, 3.05) is 6.54 Å². The molecule has 0 aliphatic heterocycles. The average molecular weight is 299 g/mol. The minimum absolute atomic E-state index is 0.319. The van der Waals surface area contributed by atoms with E-state index in [9.17, 15) is 4.79 Å². The summed E-state index contributed by atoms with van der Waals surface area (Å²) in [5, 5.41) is 5.50. The third kappa shape index (κ3) is 2.33. The fourth-order valence-corrected chi connectivity index (χ4v) is 2.96. The van der Waals surface area contributed by atoms with E-state index in [1.165, 1.54) is 11.6 Å². The van der Waals surface area contributed by atoms with Gasteiger partial charge in [-0.1, -0.05) is 6.92 Å². The van der Waals surface area contributed by atoms with Crippen LogP contribution in [0.3, 0.4) is 0 Å². The summed E-state index contributed by atoms with van der Waals surface area (Å²) in [6, 6.07) is 3.62. The van der Waals surface area contributed by atoms with E-state index in [0.717, 1.165) is 52.8 Å². The van der Waals surface area contributed by atoms with Crippen LogP contribution in [0.25, 0.3) is 21.9 Å². The van der Waals surface area contributed by atoms with Crippen molar-refractivity contribution < 1.29 is 8.83 Å². The van der Waals surface area contributed by atoms with Gasteiger partial charge in [-0.05, 0) is 45.4 Å². The molecule has 22 heavy (non-hydrogen) atoms. The molecular formula is C18H21NO3. The molecule has 0 atom stereocenters. The van der Waals surface area contributed by atoms with Crippen molar-refractivity contribution in [2.24, 2.45) is 0 Å². The number of rotatable bonds is 4. The monoisotopic (exact) mass is 299 g/mol. The van der Waals surface area contributed by atoms with Crippen LogP contribution in [0.2, 0.25) is 0 Å². The lowest BCUT2D eigenvalue weighted by Crippen LogP contribution is -2.14. The van der Waals surface area contributed by atoms with E-state index in [1.807, 2.05) is 20.8 Å². The number of nitrogens with one attached hydrogen (secondary N) is 1. The second-order valence-electron chi connectivity index (χ2n) is 5.82. The largest absolute Gasteiger partial charge is 0.461 e. The van der Waals surface area contributed by atoms with Gasteiger partial charge in [-0.25, -0.2) is 4.79 Å². The van der Waals surface area contributed by atoms with Crippen LogP contribution < -0.4 is 10.9 Å². The molecule has 0 amide bonds. The van der Waals surface area contributed by atoms with Crippen LogP contribution in [0.5, 0.6) is 0 Å². The zero-order chi connectivity index (χ0) is 15.9. The Hall–Kier alpha value is -2.07. The molecule has 0 aliphatic rings. The second-order valence-corrected chi connectivity index (χ2v) is 5.82. The Balaban J connectivity index is 2.28. The maximum atomic E-state index is 11.6. The molecule has 0 spiro atoms. The maximum absolute atomic E-state index is 11.6. The van der Waals surface area contributed by atoms with Gasteiger partial charge in [-0.3, -0.25) is 0 Å². The smallest absolute Gasteiger partial charge is 0.336 e. The van der Waals surface area contributed by atoms with Crippen molar-refractivity contribution in [3.8, 4) is 0 Å². The molecule has 4 heteroatoms. The number of furan rings is 1. The van der Waals surface area contributed by atoms with Gasteiger partial charge in [0.2, 0.25) is 0 Å². The van der Waals surface area contributed by atoms with Crippen LogP contribution >= 0.6 is 0 Å². The molecule has 1 N–H and O–H groups in total. The molecule has 0 bridgehead atoms.